The number of ketones is 1. The van der Waals surface area contributed by atoms with E-state index in [0.29, 0.717) is 18.4 Å². The first-order valence-electron chi connectivity index (χ1n) is 15.4. The highest BCUT2D eigenvalue weighted by atomic mass is 16.7. The van der Waals surface area contributed by atoms with Gasteiger partial charge in [0.2, 0.25) is 0 Å². The molecule has 6 fully saturated rings. The molecule has 2 aromatic rings. The second-order valence-electron chi connectivity index (χ2n) is 14.6. The van der Waals surface area contributed by atoms with Crippen molar-refractivity contribution in [2.45, 2.75) is 82.6 Å². The van der Waals surface area contributed by atoms with Crippen molar-refractivity contribution in [3.05, 3.63) is 41.9 Å². The molecule has 0 bridgehead atoms. The number of hydrogen-bond donors (Lipinski definition) is 3. The van der Waals surface area contributed by atoms with E-state index in [-0.39, 0.29) is 18.6 Å². The molecular formula is C33H34O13. The van der Waals surface area contributed by atoms with Gasteiger partial charge in [-0.1, -0.05) is 13.8 Å². The first kappa shape index (κ1) is 29.3. The van der Waals surface area contributed by atoms with E-state index in [1.807, 2.05) is 6.92 Å². The topological polar surface area (TPSA) is 192 Å². The van der Waals surface area contributed by atoms with Gasteiger partial charge in [-0.2, -0.15) is 0 Å². The molecule has 13 nitrogen and oxygen atoms in total. The summed E-state index contributed by atoms with van der Waals surface area (Å²) in [6.07, 6.45) is -0.200. The van der Waals surface area contributed by atoms with Crippen molar-refractivity contribution in [1.82, 2.24) is 0 Å². The van der Waals surface area contributed by atoms with E-state index >= 15 is 4.79 Å². The van der Waals surface area contributed by atoms with Crippen LogP contribution in [-0.2, 0) is 38.1 Å². The Balaban J connectivity index is 1.33. The lowest BCUT2D eigenvalue weighted by molar-refractivity contribution is -0.251. The standard InChI is InChI=1S/C33H34O13/c1-29(2)23-22(38)25(44-27(39)15-9-16(34)21(37)17(35)10-15)31(4)18(32(23)13-42-20(36)11-19(32)45-29)5-7-30(3)24(14-6-8-41-12-14)43-28(40)26-33(30,31)46-26/h6,8-10,12,18-19,23-26,34-35,37H,5,7,11,13H2,1-4H3/t18-,19-,23+,24-,25-,26+,30-,31-,32-,33+/m0/s1. The van der Waals surface area contributed by atoms with Gasteiger partial charge in [-0.25, -0.2) is 9.59 Å². The van der Waals surface area contributed by atoms with E-state index in [1.165, 1.54) is 12.5 Å². The first-order valence-corrected chi connectivity index (χ1v) is 15.4. The molecule has 10 atom stereocenters. The molecule has 244 valence electrons. The number of carbonyl (C=O) groups excluding carboxylic acids is 4. The van der Waals surface area contributed by atoms with Crippen LogP contribution in [0.3, 0.4) is 0 Å². The van der Waals surface area contributed by atoms with Gasteiger partial charge in [0, 0.05) is 21.8 Å². The molecule has 2 aliphatic carbocycles. The van der Waals surface area contributed by atoms with Gasteiger partial charge in [0.25, 0.3) is 0 Å². The minimum absolute atomic E-state index is 0.0649. The van der Waals surface area contributed by atoms with Crippen LogP contribution in [0, 0.1) is 28.1 Å². The average molecular weight is 639 g/mol. The zero-order chi connectivity index (χ0) is 32.8. The van der Waals surface area contributed by atoms with E-state index in [4.69, 9.17) is 28.1 Å². The number of fused-ring (bicyclic) bond motifs is 1. The molecule has 0 radical (unpaired) electrons. The fourth-order valence-corrected chi connectivity index (χ4v) is 10.6. The molecular weight excluding hydrogens is 604 g/mol. The Morgan fingerprint density at radius 3 is 2.39 bits per heavy atom. The number of phenolic OH excluding ortho intramolecular Hbond substituents is 3. The number of furan rings is 1. The van der Waals surface area contributed by atoms with Crippen molar-refractivity contribution in [2.24, 2.45) is 28.1 Å². The Hall–Kier alpha value is -4.10. The summed E-state index contributed by atoms with van der Waals surface area (Å²) in [5, 5.41) is 30.1. The van der Waals surface area contributed by atoms with Crippen LogP contribution in [0.1, 0.15) is 69.0 Å². The number of esters is 3. The number of aromatic hydroxyl groups is 3. The number of phenols is 3. The van der Waals surface area contributed by atoms with Crippen LogP contribution in [0.25, 0.3) is 0 Å². The number of carbonyl (C=O) groups is 4. The quantitative estimate of drug-likeness (QED) is 0.192. The normalized spacial score (nSPS) is 43.2. The molecule has 1 aromatic carbocycles. The fourth-order valence-electron chi connectivity index (χ4n) is 10.6. The van der Waals surface area contributed by atoms with Gasteiger partial charge in [0.1, 0.15) is 18.3 Å². The average Bonchev–Trinajstić information content (AvgIpc) is 3.46. The summed E-state index contributed by atoms with van der Waals surface area (Å²) in [5.74, 6) is -6.28. The number of ether oxygens (including phenoxy) is 5. The van der Waals surface area contributed by atoms with Crippen LogP contribution in [-0.4, -0.2) is 75.1 Å². The molecule has 1 aromatic heterocycles. The van der Waals surface area contributed by atoms with Gasteiger partial charge in [0.05, 0.1) is 42.1 Å². The summed E-state index contributed by atoms with van der Waals surface area (Å²) in [5.41, 5.74) is -5.45. The van der Waals surface area contributed by atoms with Crippen molar-refractivity contribution >= 4 is 23.7 Å². The minimum atomic E-state index is -1.50. The molecule has 46 heavy (non-hydrogen) atoms. The maximum atomic E-state index is 15.1. The molecule has 8 rings (SSSR count). The third kappa shape index (κ3) is 3.22. The maximum Gasteiger partial charge on any atom is 0.339 e. The van der Waals surface area contributed by atoms with Crippen molar-refractivity contribution < 1.29 is 62.6 Å². The zero-order valence-electron chi connectivity index (χ0n) is 25.6. The number of hydrogen-bond acceptors (Lipinski definition) is 13. The summed E-state index contributed by atoms with van der Waals surface area (Å²) in [6.45, 7) is 7.18. The second-order valence-corrected chi connectivity index (χ2v) is 14.6. The van der Waals surface area contributed by atoms with E-state index in [1.54, 1.807) is 26.8 Å². The van der Waals surface area contributed by atoms with Crippen LogP contribution in [0.5, 0.6) is 17.2 Å². The Morgan fingerprint density at radius 1 is 1.00 bits per heavy atom. The van der Waals surface area contributed by atoms with Crippen LogP contribution in [0.4, 0.5) is 0 Å². The lowest BCUT2D eigenvalue weighted by Gasteiger charge is -2.66. The lowest BCUT2D eigenvalue weighted by Crippen LogP contribution is -2.76. The number of benzene rings is 1. The van der Waals surface area contributed by atoms with Gasteiger partial charge in [-0.3, -0.25) is 9.59 Å². The Morgan fingerprint density at radius 2 is 1.72 bits per heavy atom. The van der Waals surface area contributed by atoms with Gasteiger partial charge in [-0.05, 0) is 50.8 Å². The largest absolute Gasteiger partial charge is 0.504 e. The van der Waals surface area contributed by atoms with Crippen molar-refractivity contribution in [1.29, 1.82) is 0 Å². The van der Waals surface area contributed by atoms with Crippen LogP contribution in [0.2, 0.25) is 0 Å². The lowest BCUT2D eigenvalue weighted by atomic mass is 9.36. The van der Waals surface area contributed by atoms with Gasteiger partial charge in [-0.15, -0.1) is 0 Å². The van der Waals surface area contributed by atoms with Gasteiger partial charge < -0.3 is 43.4 Å². The molecule has 4 saturated heterocycles. The van der Waals surface area contributed by atoms with Crippen LogP contribution >= 0.6 is 0 Å². The third-order valence-electron chi connectivity index (χ3n) is 12.2. The number of rotatable bonds is 3. The maximum absolute atomic E-state index is 15.1. The van der Waals surface area contributed by atoms with Crippen molar-refractivity contribution in [2.75, 3.05) is 6.61 Å². The molecule has 0 unspecified atom stereocenters. The SMILES string of the molecule is CC1(C)O[C@H]2CC(=O)OC[C@@]23[C@@H]1C(=O)[C@H](OC(=O)c1cc(O)c(O)c(O)c1)[C@]1(C)[C@@H]3CC[C@@]2(C)[C@H](c3ccoc3)OC(=O)[C@H]3O[C@@]312. The van der Waals surface area contributed by atoms with Crippen molar-refractivity contribution in [3.63, 3.8) is 0 Å². The summed E-state index contributed by atoms with van der Waals surface area (Å²) < 4.78 is 36.2. The first-order chi connectivity index (χ1) is 21.6. The molecule has 0 amide bonds. The highest BCUT2D eigenvalue weighted by molar-refractivity contribution is 5.97. The van der Waals surface area contributed by atoms with E-state index in [0.717, 1.165) is 12.1 Å². The Kier molecular flexibility index (Phi) is 5.62. The third-order valence-corrected chi connectivity index (χ3v) is 12.2. The number of epoxide rings is 1. The molecule has 4 aliphatic heterocycles. The minimum Gasteiger partial charge on any atom is -0.504 e. The Bertz CT molecular complexity index is 1690. The van der Waals surface area contributed by atoms with Gasteiger partial charge >= 0.3 is 17.9 Å². The van der Waals surface area contributed by atoms with Crippen LogP contribution in [0.15, 0.2) is 35.1 Å². The second kappa shape index (κ2) is 8.82. The zero-order valence-corrected chi connectivity index (χ0v) is 25.6. The predicted molar refractivity (Wildman–Crippen MR) is 150 cm³/mol. The molecule has 5 heterocycles. The summed E-state index contributed by atoms with van der Waals surface area (Å²) in [6, 6.07) is 3.57. The Labute approximate surface area is 262 Å². The highest BCUT2D eigenvalue weighted by Crippen LogP contribution is 2.80. The molecule has 3 N–H and O–H groups in total. The van der Waals surface area contributed by atoms with E-state index in [2.05, 4.69) is 0 Å². The van der Waals surface area contributed by atoms with E-state index < -0.39 is 105 Å². The number of cyclic esters (lactones) is 2. The summed E-state index contributed by atoms with van der Waals surface area (Å²) in [7, 11) is 0. The highest BCUT2D eigenvalue weighted by Gasteiger charge is 2.91. The molecule has 2 saturated carbocycles. The van der Waals surface area contributed by atoms with Crippen molar-refractivity contribution in [3.8, 4) is 17.2 Å². The number of Topliss-reactive ketones (excluding diaryl/α,β-unsaturated/α-hetero) is 1. The molecule has 6 aliphatic rings. The smallest absolute Gasteiger partial charge is 0.339 e. The fraction of sp³-hybridized carbons (Fsp3) is 0.576. The predicted octanol–water partition coefficient (Wildman–Crippen LogP) is 3.09. The van der Waals surface area contributed by atoms with Gasteiger partial charge in [0.15, 0.2) is 35.2 Å². The summed E-state index contributed by atoms with van der Waals surface area (Å²) >= 11 is 0. The van der Waals surface area contributed by atoms with E-state index in [9.17, 15) is 29.7 Å². The molecule has 2 spiro atoms. The molecule has 13 heteroatoms. The monoisotopic (exact) mass is 638 g/mol. The summed E-state index contributed by atoms with van der Waals surface area (Å²) in [4.78, 5) is 55.1. The van der Waals surface area contributed by atoms with Crippen LogP contribution < -0.4 is 0 Å².